The third-order valence-electron chi connectivity index (χ3n) is 2.74. The first kappa shape index (κ1) is 11.5. The Kier molecular flexibility index (Phi) is 3.06. The lowest BCUT2D eigenvalue weighted by Gasteiger charge is -2.35. The smallest absolute Gasteiger partial charge is 0.273 e. The number of rotatable bonds is 3. The molecule has 1 N–H and O–H groups in total. The largest absolute Gasteiger partial charge is 0.389 e. The van der Waals surface area contributed by atoms with E-state index in [-0.39, 0.29) is 18.0 Å². The summed E-state index contributed by atoms with van der Waals surface area (Å²) < 4.78 is 0. The molecule has 1 saturated heterocycles. The highest BCUT2D eigenvalue weighted by molar-refractivity contribution is 5.80. The highest BCUT2D eigenvalue weighted by atomic mass is 16.6. The molecule has 0 aromatic heterocycles. The maximum absolute atomic E-state index is 11.7. The minimum absolute atomic E-state index is 0.00384. The van der Waals surface area contributed by atoms with Crippen molar-refractivity contribution in [2.75, 3.05) is 13.1 Å². The summed E-state index contributed by atoms with van der Waals surface area (Å²) in [7, 11) is 0. The summed E-state index contributed by atoms with van der Waals surface area (Å²) in [6, 6.07) is 6.19. The van der Waals surface area contributed by atoms with Gasteiger partial charge in [-0.2, -0.15) is 0 Å². The number of nitro benzene ring substituents is 1. The van der Waals surface area contributed by atoms with Crippen molar-refractivity contribution in [3.05, 3.63) is 39.9 Å². The maximum Gasteiger partial charge on any atom is 0.273 e. The van der Waals surface area contributed by atoms with Crippen LogP contribution >= 0.6 is 0 Å². The van der Waals surface area contributed by atoms with E-state index in [9.17, 15) is 14.9 Å². The van der Waals surface area contributed by atoms with Gasteiger partial charge >= 0.3 is 0 Å². The Bertz CT molecular complexity index is 455. The number of para-hydroxylation sites is 1. The van der Waals surface area contributed by atoms with Gasteiger partial charge in [0.15, 0.2) is 0 Å². The molecule has 90 valence electrons. The molecule has 6 heteroatoms. The van der Waals surface area contributed by atoms with E-state index in [1.54, 1.807) is 18.2 Å². The Labute approximate surface area is 97.6 Å². The topological polar surface area (TPSA) is 83.7 Å². The van der Waals surface area contributed by atoms with Gasteiger partial charge < -0.3 is 10.0 Å². The molecule has 6 nitrogen and oxygen atoms in total. The van der Waals surface area contributed by atoms with Gasteiger partial charge in [0.2, 0.25) is 5.91 Å². The summed E-state index contributed by atoms with van der Waals surface area (Å²) in [4.78, 5) is 23.5. The van der Waals surface area contributed by atoms with E-state index in [1.807, 2.05) is 0 Å². The molecule has 1 amide bonds. The summed E-state index contributed by atoms with van der Waals surface area (Å²) in [5.74, 6) is -0.190. The predicted molar refractivity (Wildman–Crippen MR) is 59.4 cm³/mol. The fraction of sp³-hybridized carbons (Fsp3) is 0.364. The molecular weight excluding hydrogens is 224 g/mol. The standard InChI is InChI=1S/C11H12N2O4/c14-9-6-12(7-9)11(15)5-8-3-1-2-4-10(8)13(16)17/h1-4,9,14H,5-7H2. The van der Waals surface area contributed by atoms with Crippen molar-refractivity contribution in [2.24, 2.45) is 0 Å². The molecule has 0 spiro atoms. The number of likely N-dealkylation sites (tertiary alicyclic amines) is 1. The van der Waals surface area contributed by atoms with Gasteiger partial charge in [-0.25, -0.2) is 0 Å². The highest BCUT2D eigenvalue weighted by Gasteiger charge is 2.29. The van der Waals surface area contributed by atoms with Gasteiger partial charge in [-0.1, -0.05) is 18.2 Å². The fourth-order valence-corrected chi connectivity index (χ4v) is 1.77. The average Bonchev–Trinajstić information content (AvgIpc) is 2.25. The minimum atomic E-state index is -0.492. The van der Waals surface area contributed by atoms with E-state index < -0.39 is 11.0 Å². The monoisotopic (exact) mass is 236 g/mol. The van der Waals surface area contributed by atoms with Crippen LogP contribution < -0.4 is 0 Å². The zero-order valence-corrected chi connectivity index (χ0v) is 9.07. The molecule has 0 unspecified atom stereocenters. The van der Waals surface area contributed by atoms with Crippen molar-refractivity contribution in [1.82, 2.24) is 4.90 Å². The number of hydrogen-bond donors (Lipinski definition) is 1. The Morgan fingerprint density at radius 3 is 2.71 bits per heavy atom. The number of nitro groups is 1. The second-order valence-electron chi connectivity index (χ2n) is 4.02. The molecule has 1 aromatic carbocycles. The number of carbonyl (C=O) groups is 1. The second kappa shape index (κ2) is 4.50. The number of benzene rings is 1. The van der Waals surface area contributed by atoms with Gasteiger partial charge in [-0.05, 0) is 0 Å². The summed E-state index contributed by atoms with van der Waals surface area (Å²) in [6.45, 7) is 0.638. The fourth-order valence-electron chi connectivity index (χ4n) is 1.77. The van der Waals surface area contributed by atoms with Gasteiger partial charge in [-0.3, -0.25) is 14.9 Å². The minimum Gasteiger partial charge on any atom is -0.389 e. The van der Waals surface area contributed by atoms with Crippen molar-refractivity contribution in [3.63, 3.8) is 0 Å². The molecule has 1 aromatic rings. The van der Waals surface area contributed by atoms with E-state index in [1.165, 1.54) is 11.0 Å². The molecule has 0 saturated carbocycles. The molecule has 0 bridgehead atoms. The van der Waals surface area contributed by atoms with Gasteiger partial charge in [0.1, 0.15) is 0 Å². The van der Waals surface area contributed by atoms with Crippen LogP contribution in [0.4, 0.5) is 5.69 Å². The molecule has 1 aliphatic rings. The first-order valence-electron chi connectivity index (χ1n) is 5.26. The van der Waals surface area contributed by atoms with Crippen LogP contribution in [0.5, 0.6) is 0 Å². The van der Waals surface area contributed by atoms with Gasteiger partial charge in [0.05, 0.1) is 17.4 Å². The van der Waals surface area contributed by atoms with Crippen molar-refractivity contribution < 1.29 is 14.8 Å². The number of nitrogens with zero attached hydrogens (tertiary/aromatic N) is 2. The van der Waals surface area contributed by atoms with E-state index in [0.717, 1.165) is 0 Å². The first-order chi connectivity index (χ1) is 8.08. The lowest BCUT2D eigenvalue weighted by molar-refractivity contribution is -0.385. The van der Waals surface area contributed by atoms with Crippen LogP contribution in [-0.4, -0.2) is 40.0 Å². The lowest BCUT2D eigenvalue weighted by atomic mass is 10.1. The summed E-state index contributed by atoms with van der Waals surface area (Å²) in [5.41, 5.74) is 0.366. The van der Waals surface area contributed by atoms with Crippen LogP contribution in [-0.2, 0) is 11.2 Å². The molecule has 1 heterocycles. The van der Waals surface area contributed by atoms with Gasteiger partial charge in [0.25, 0.3) is 5.69 Å². The summed E-state index contributed by atoms with van der Waals surface area (Å²) in [6.07, 6.45) is -0.450. The van der Waals surface area contributed by atoms with E-state index >= 15 is 0 Å². The van der Waals surface area contributed by atoms with Crippen LogP contribution in [0, 0.1) is 10.1 Å². The normalized spacial score (nSPS) is 15.5. The molecule has 1 aliphatic heterocycles. The van der Waals surface area contributed by atoms with E-state index in [2.05, 4.69) is 0 Å². The van der Waals surface area contributed by atoms with Crippen LogP contribution in [0.3, 0.4) is 0 Å². The molecule has 0 atom stereocenters. The zero-order valence-electron chi connectivity index (χ0n) is 9.07. The van der Waals surface area contributed by atoms with Crippen molar-refractivity contribution >= 4 is 11.6 Å². The molecule has 1 fully saturated rings. The Morgan fingerprint density at radius 1 is 1.47 bits per heavy atom. The third kappa shape index (κ3) is 2.42. The van der Waals surface area contributed by atoms with Gasteiger partial charge in [0, 0.05) is 24.7 Å². The van der Waals surface area contributed by atoms with Crippen molar-refractivity contribution in [2.45, 2.75) is 12.5 Å². The Balaban J connectivity index is 2.08. The molecule has 17 heavy (non-hydrogen) atoms. The Hall–Kier alpha value is -1.95. The molecule has 0 aliphatic carbocycles. The highest BCUT2D eigenvalue weighted by Crippen LogP contribution is 2.20. The Morgan fingerprint density at radius 2 is 2.12 bits per heavy atom. The lowest BCUT2D eigenvalue weighted by Crippen LogP contribution is -2.53. The van der Waals surface area contributed by atoms with Crippen molar-refractivity contribution in [1.29, 1.82) is 0 Å². The van der Waals surface area contributed by atoms with E-state index in [0.29, 0.717) is 18.7 Å². The molecular formula is C11H12N2O4. The number of aliphatic hydroxyl groups is 1. The van der Waals surface area contributed by atoms with Crippen LogP contribution in [0.15, 0.2) is 24.3 Å². The van der Waals surface area contributed by atoms with Crippen LogP contribution in [0.1, 0.15) is 5.56 Å². The number of hydrogen-bond acceptors (Lipinski definition) is 4. The number of aliphatic hydroxyl groups excluding tert-OH is 1. The number of carbonyl (C=O) groups excluding carboxylic acids is 1. The number of amides is 1. The molecule has 2 rings (SSSR count). The summed E-state index contributed by atoms with van der Waals surface area (Å²) >= 11 is 0. The predicted octanol–water partition coefficient (Wildman–Crippen LogP) is 0.340. The summed E-state index contributed by atoms with van der Waals surface area (Å²) in [5, 5.41) is 19.8. The van der Waals surface area contributed by atoms with Crippen LogP contribution in [0.25, 0.3) is 0 Å². The van der Waals surface area contributed by atoms with E-state index in [4.69, 9.17) is 5.11 Å². The third-order valence-corrected chi connectivity index (χ3v) is 2.74. The quantitative estimate of drug-likeness (QED) is 0.606. The van der Waals surface area contributed by atoms with Crippen molar-refractivity contribution in [3.8, 4) is 0 Å². The van der Waals surface area contributed by atoms with Gasteiger partial charge in [-0.15, -0.1) is 0 Å². The molecule has 0 radical (unpaired) electrons. The zero-order chi connectivity index (χ0) is 12.4. The second-order valence-corrected chi connectivity index (χ2v) is 4.02. The SMILES string of the molecule is O=C(Cc1ccccc1[N+](=O)[O-])N1CC(O)C1. The van der Waals surface area contributed by atoms with Crippen LogP contribution in [0.2, 0.25) is 0 Å². The average molecular weight is 236 g/mol. The maximum atomic E-state index is 11.7. The number of β-amino-alcohol motifs (C(OH)–C–C–N with tert-alkyl or cyclic N) is 1. The first-order valence-corrected chi connectivity index (χ1v) is 5.26.